The average molecular weight is 393 g/mol. The molecular formula is C18H14F3N3O4. The number of hydrogen-bond acceptors (Lipinski definition) is 6. The molecule has 0 saturated carbocycles. The fourth-order valence-electron chi connectivity index (χ4n) is 3.24. The van der Waals surface area contributed by atoms with Crippen molar-refractivity contribution in [2.75, 3.05) is 19.0 Å². The van der Waals surface area contributed by atoms with E-state index in [9.17, 15) is 18.0 Å². The second kappa shape index (κ2) is 6.04. The Bertz CT molecular complexity index is 1010. The summed E-state index contributed by atoms with van der Waals surface area (Å²) in [7, 11) is 1.50. The molecule has 0 fully saturated rings. The monoisotopic (exact) mass is 393 g/mol. The summed E-state index contributed by atoms with van der Waals surface area (Å²) in [5.41, 5.74) is 5.53. The predicted molar refractivity (Wildman–Crippen MR) is 92.5 cm³/mol. The number of alkyl halides is 3. The molecule has 0 aliphatic carbocycles. The number of hydrogen-bond donors (Lipinski definition) is 2. The quantitative estimate of drug-likeness (QED) is 0.818. The number of ether oxygens (including phenoxy) is 3. The van der Waals surface area contributed by atoms with Crippen LogP contribution in [0.15, 0.2) is 41.4 Å². The van der Waals surface area contributed by atoms with Crippen LogP contribution in [0, 0.1) is 0 Å². The van der Waals surface area contributed by atoms with E-state index in [1.165, 1.54) is 25.3 Å². The highest BCUT2D eigenvalue weighted by Gasteiger charge is 2.47. The largest absolute Gasteiger partial charge is 0.497 e. The maximum atomic E-state index is 12.6. The van der Waals surface area contributed by atoms with Gasteiger partial charge in [-0.2, -0.15) is 13.2 Å². The van der Waals surface area contributed by atoms with Crippen molar-refractivity contribution in [2.45, 2.75) is 11.7 Å². The third-order valence-electron chi connectivity index (χ3n) is 4.52. The topological polar surface area (TPSA) is 95.2 Å². The molecule has 7 nitrogen and oxygen atoms in total. The van der Waals surface area contributed by atoms with Crippen LogP contribution in [-0.2, 0) is 15.1 Å². The van der Waals surface area contributed by atoms with Crippen molar-refractivity contribution >= 4 is 17.6 Å². The Morgan fingerprint density at radius 3 is 2.50 bits per heavy atom. The minimum Gasteiger partial charge on any atom is -0.497 e. The zero-order chi connectivity index (χ0) is 20.1. The number of rotatable bonds is 2. The van der Waals surface area contributed by atoms with Crippen molar-refractivity contribution in [1.82, 2.24) is 0 Å². The Morgan fingerprint density at radius 2 is 1.89 bits per heavy atom. The van der Waals surface area contributed by atoms with Crippen LogP contribution in [0.25, 0.3) is 0 Å². The molecule has 1 spiro atoms. The highest BCUT2D eigenvalue weighted by atomic mass is 19.4. The first-order valence-corrected chi connectivity index (χ1v) is 8.10. The number of nitrogens with two attached hydrogens (primary N) is 1. The first-order valence-electron chi connectivity index (χ1n) is 8.10. The molecule has 3 N–H and O–H groups in total. The molecule has 146 valence electrons. The summed E-state index contributed by atoms with van der Waals surface area (Å²) in [4.78, 5) is 15.7. The van der Waals surface area contributed by atoms with Crippen molar-refractivity contribution in [3.8, 4) is 17.2 Å². The minimum atomic E-state index is -5.01. The van der Waals surface area contributed by atoms with Crippen LogP contribution < -0.4 is 20.5 Å². The lowest BCUT2D eigenvalue weighted by atomic mass is 9.81. The molecule has 2 aliphatic heterocycles. The van der Waals surface area contributed by atoms with Crippen LogP contribution in [-0.4, -0.2) is 31.8 Å². The fraction of sp³-hybridized carbons (Fsp3) is 0.222. The van der Waals surface area contributed by atoms with Gasteiger partial charge in [0.2, 0.25) is 0 Å². The number of benzene rings is 2. The zero-order valence-electron chi connectivity index (χ0n) is 14.5. The molecule has 2 aliphatic rings. The van der Waals surface area contributed by atoms with E-state index in [0.717, 1.165) is 0 Å². The van der Waals surface area contributed by atoms with Gasteiger partial charge < -0.3 is 25.3 Å². The highest BCUT2D eigenvalue weighted by molar-refractivity contribution is 5.95. The summed E-state index contributed by atoms with van der Waals surface area (Å²) in [5, 5.41) is 1.83. The third kappa shape index (κ3) is 2.77. The van der Waals surface area contributed by atoms with Crippen molar-refractivity contribution < 1.29 is 32.2 Å². The number of methoxy groups -OCH3 is 1. The highest BCUT2D eigenvalue weighted by Crippen LogP contribution is 2.52. The van der Waals surface area contributed by atoms with Crippen molar-refractivity contribution in [1.29, 1.82) is 0 Å². The Labute approximate surface area is 156 Å². The zero-order valence-corrected chi connectivity index (χ0v) is 14.5. The summed E-state index contributed by atoms with van der Waals surface area (Å²) in [6, 6.07) is 9.18. The number of halogens is 3. The molecule has 0 unspecified atom stereocenters. The summed E-state index contributed by atoms with van der Waals surface area (Å²) < 4.78 is 54.3. The summed E-state index contributed by atoms with van der Waals surface area (Å²) in [6.07, 6.45) is -5.01. The molecule has 28 heavy (non-hydrogen) atoms. The van der Waals surface area contributed by atoms with E-state index in [1.54, 1.807) is 18.2 Å². The lowest BCUT2D eigenvalue weighted by Gasteiger charge is -2.33. The van der Waals surface area contributed by atoms with E-state index >= 15 is 0 Å². The molecule has 10 heteroatoms. The number of anilines is 1. The number of nitrogens with one attached hydrogen (secondary N) is 1. The van der Waals surface area contributed by atoms with Gasteiger partial charge in [0.1, 0.15) is 23.9 Å². The lowest BCUT2D eigenvalue weighted by Crippen LogP contribution is -2.32. The van der Waals surface area contributed by atoms with Gasteiger partial charge in [-0.1, -0.05) is 0 Å². The molecule has 1 amide bonds. The number of carbonyl (C=O) groups is 1. The Hall–Kier alpha value is -3.43. The minimum absolute atomic E-state index is 0.0199. The smallest absolute Gasteiger partial charge is 0.471 e. The third-order valence-corrected chi connectivity index (χ3v) is 4.52. The SMILES string of the molecule is COc1ccc2c(c1)[C@]1(COC(N)=N1)c1cc(NC(=O)C(F)(F)F)ccc1O2. The van der Waals surface area contributed by atoms with Crippen LogP contribution in [0.2, 0.25) is 0 Å². The standard InChI is InChI=1S/C18H14F3N3O4/c1-26-10-3-5-14-12(7-10)17(8-27-16(22)24-17)11-6-9(2-4-13(11)28-14)23-15(25)18(19,20)21/h2-7H,8H2,1H3,(H2,22,24)(H,23,25)/t17-/m0/s1. The first kappa shape index (κ1) is 18.0. The summed E-state index contributed by atoms with van der Waals surface area (Å²) in [6.45, 7) is 0.0199. The van der Waals surface area contributed by atoms with Crippen molar-refractivity contribution in [3.05, 3.63) is 47.5 Å². The normalized spacial score (nSPS) is 19.8. The van der Waals surface area contributed by atoms with Gasteiger partial charge in [-0.05, 0) is 36.4 Å². The van der Waals surface area contributed by atoms with E-state index in [0.29, 0.717) is 28.4 Å². The number of nitrogens with zero attached hydrogens (tertiary/aromatic N) is 1. The lowest BCUT2D eigenvalue weighted by molar-refractivity contribution is -0.167. The second-order valence-electron chi connectivity index (χ2n) is 6.23. The van der Waals surface area contributed by atoms with Gasteiger partial charge in [-0.3, -0.25) is 4.79 Å². The second-order valence-corrected chi connectivity index (χ2v) is 6.23. The number of fused-ring (bicyclic) bond motifs is 4. The van der Waals surface area contributed by atoms with Crippen LogP contribution in [0.4, 0.5) is 18.9 Å². The van der Waals surface area contributed by atoms with Crippen molar-refractivity contribution in [3.63, 3.8) is 0 Å². The van der Waals surface area contributed by atoms with Crippen LogP contribution in [0.1, 0.15) is 11.1 Å². The molecule has 0 aromatic heterocycles. The number of amidine groups is 1. The molecular weight excluding hydrogens is 379 g/mol. The van der Waals surface area contributed by atoms with E-state index in [1.807, 2.05) is 5.32 Å². The number of carbonyl (C=O) groups excluding carboxylic acids is 1. The molecule has 2 aromatic rings. The van der Waals surface area contributed by atoms with Gasteiger partial charge in [0.25, 0.3) is 6.02 Å². The summed E-state index contributed by atoms with van der Waals surface area (Å²) >= 11 is 0. The first-order chi connectivity index (χ1) is 13.2. The van der Waals surface area contributed by atoms with E-state index in [-0.39, 0.29) is 18.3 Å². The number of amides is 1. The van der Waals surface area contributed by atoms with Gasteiger partial charge in [-0.15, -0.1) is 0 Å². The average Bonchev–Trinajstić information content (AvgIpc) is 3.04. The molecule has 0 radical (unpaired) electrons. The van der Waals surface area contributed by atoms with Crippen LogP contribution in [0.3, 0.4) is 0 Å². The van der Waals surface area contributed by atoms with Gasteiger partial charge in [-0.25, -0.2) is 4.99 Å². The van der Waals surface area contributed by atoms with Crippen LogP contribution in [0.5, 0.6) is 17.2 Å². The van der Waals surface area contributed by atoms with E-state index in [4.69, 9.17) is 19.9 Å². The van der Waals surface area contributed by atoms with Gasteiger partial charge in [0, 0.05) is 16.8 Å². The molecule has 4 rings (SSSR count). The molecule has 2 heterocycles. The fourth-order valence-corrected chi connectivity index (χ4v) is 3.24. The summed E-state index contributed by atoms with van der Waals surface area (Å²) in [5.74, 6) is -0.689. The maximum absolute atomic E-state index is 12.6. The Balaban J connectivity index is 1.84. The molecule has 0 saturated heterocycles. The molecule has 1 atom stereocenters. The van der Waals surface area contributed by atoms with E-state index in [2.05, 4.69) is 4.99 Å². The van der Waals surface area contributed by atoms with Gasteiger partial charge in [0.05, 0.1) is 7.11 Å². The number of aliphatic imine (C=N–C) groups is 1. The van der Waals surface area contributed by atoms with Crippen LogP contribution >= 0.6 is 0 Å². The maximum Gasteiger partial charge on any atom is 0.471 e. The molecule has 0 bridgehead atoms. The van der Waals surface area contributed by atoms with Gasteiger partial charge >= 0.3 is 12.1 Å². The van der Waals surface area contributed by atoms with Gasteiger partial charge in [0.15, 0.2) is 5.54 Å². The van der Waals surface area contributed by atoms with E-state index < -0.39 is 17.6 Å². The Kier molecular flexibility index (Phi) is 3.88. The predicted octanol–water partition coefficient (Wildman–Crippen LogP) is 2.89. The Morgan fingerprint density at radius 1 is 1.21 bits per heavy atom. The van der Waals surface area contributed by atoms with Crippen molar-refractivity contribution in [2.24, 2.45) is 10.7 Å². The molecule has 2 aromatic carbocycles.